The summed E-state index contributed by atoms with van der Waals surface area (Å²) < 4.78 is 4.76. The fraction of sp³-hybridized carbons (Fsp3) is 0.167. The van der Waals surface area contributed by atoms with Gasteiger partial charge in [-0.2, -0.15) is 0 Å². The van der Waals surface area contributed by atoms with E-state index in [0.29, 0.717) is 5.02 Å². The van der Waals surface area contributed by atoms with Crippen LogP contribution >= 0.6 is 23.2 Å². The Bertz CT molecular complexity index is 509. The number of amides is 1. The van der Waals surface area contributed by atoms with Crippen molar-refractivity contribution in [1.82, 2.24) is 5.32 Å². The molecule has 0 radical (unpaired) electrons. The highest BCUT2D eigenvalue weighted by Gasteiger charge is 2.13. The molecule has 1 aromatic carbocycles. The van der Waals surface area contributed by atoms with Crippen LogP contribution in [0.15, 0.2) is 18.2 Å². The van der Waals surface area contributed by atoms with E-state index in [1.54, 1.807) is 0 Å². The van der Waals surface area contributed by atoms with E-state index in [-0.39, 0.29) is 17.1 Å². The topological polar surface area (TPSA) is 55.4 Å². The molecule has 1 rings (SSSR count). The van der Waals surface area contributed by atoms with E-state index in [2.05, 4.69) is 11.2 Å². The number of ether oxygens (including phenoxy) is 1. The number of carbonyl (C=O) groups excluding carboxylic acids is 2. The van der Waals surface area contributed by atoms with Crippen LogP contribution in [0.25, 0.3) is 0 Å². The van der Waals surface area contributed by atoms with Gasteiger partial charge in [-0.3, -0.25) is 4.79 Å². The monoisotopic (exact) mass is 285 g/mol. The molecule has 1 N–H and O–H groups in total. The smallest absolute Gasteiger partial charge is 0.340 e. The lowest BCUT2D eigenvalue weighted by Gasteiger charge is -2.06. The molecule has 18 heavy (non-hydrogen) atoms. The minimum atomic E-state index is -0.701. The lowest BCUT2D eigenvalue weighted by atomic mass is 10.2. The summed E-state index contributed by atoms with van der Waals surface area (Å²) in [5, 5.41) is 2.93. The molecule has 0 aliphatic heterocycles. The predicted molar refractivity (Wildman–Crippen MR) is 68.6 cm³/mol. The lowest BCUT2D eigenvalue weighted by molar-refractivity contribution is -0.123. The first-order valence-electron chi connectivity index (χ1n) is 4.87. The molecule has 94 valence electrons. The molecule has 0 saturated heterocycles. The van der Waals surface area contributed by atoms with Crippen molar-refractivity contribution >= 4 is 35.1 Å². The molecule has 0 unspecified atom stereocenters. The summed E-state index contributed by atoms with van der Waals surface area (Å²) >= 11 is 11.5. The van der Waals surface area contributed by atoms with Gasteiger partial charge in [-0.1, -0.05) is 29.1 Å². The number of terminal acetylenes is 1. The van der Waals surface area contributed by atoms with Crippen molar-refractivity contribution in [2.24, 2.45) is 0 Å². The van der Waals surface area contributed by atoms with Gasteiger partial charge in [0, 0.05) is 5.02 Å². The van der Waals surface area contributed by atoms with Crippen molar-refractivity contribution in [3.05, 3.63) is 33.8 Å². The lowest BCUT2D eigenvalue weighted by Crippen LogP contribution is -2.29. The van der Waals surface area contributed by atoms with E-state index in [9.17, 15) is 9.59 Å². The van der Waals surface area contributed by atoms with Crippen molar-refractivity contribution in [3.8, 4) is 12.3 Å². The highest BCUT2D eigenvalue weighted by atomic mass is 35.5. The zero-order valence-corrected chi connectivity index (χ0v) is 10.7. The van der Waals surface area contributed by atoms with Crippen molar-refractivity contribution < 1.29 is 14.3 Å². The number of hydrogen-bond donors (Lipinski definition) is 1. The molecular weight excluding hydrogens is 277 g/mol. The van der Waals surface area contributed by atoms with E-state index < -0.39 is 18.5 Å². The maximum atomic E-state index is 11.6. The van der Waals surface area contributed by atoms with Gasteiger partial charge in [0.1, 0.15) is 0 Å². The molecule has 0 bridgehead atoms. The van der Waals surface area contributed by atoms with Crippen LogP contribution in [-0.2, 0) is 9.53 Å². The number of carbonyl (C=O) groups is 2. The third kappa shape index (κ3) is 4.28. The average molecular weight is 286 g/mol. The molecule has 0 aliphatic carbocycles. The first-order chi connectivity index (χ1) is 8.54. The summed E-state index contributed by atoms with van der Waals surface area (Å²) in [6, 6.07) is 4.34. The summed E-state index contributed by atoms with van der Waals surface area (Å²) in [6.45, 7) is -0.336. The van der Waals surface area contributed by atoms with Crippen molar-refractivity contribution in [3.63, 3.8) is 0 Å². The zero-order valence-electron chi connectivity index (χ0n) is 9.20. The fourth-order valence-electron chi connectivity index (χ4n) is 1.06. The fourth-order valence-corrected chi connectivity index (χ4v) is 1.55. The Hall–Kier alpha value is -1.70. The number of rotatable bonds is 4. The van der Waals surface area contributed by atoms with Crippen LogP contribution in [-0.4, -0.2) is 25.0 Å². The first kappa shape index (κ1) is 14.4. The van der Waals surface area contributed by atoms with E-state index in [1.165, 1.54) is 18.2 Å². The van der Waals surface area contributed by atoms with Gasteiger partial charge in [0.25, 0.3) is 5.91 Å². The Kier molecular flexibility index (Phi) is 5.50. The number of hydrogen-bond acceptors (Lipinski definition) is 3. The molecule has 0 fully saturated rings. The average Bonchev–Trinajstić information content (AvgIpc) is 2.33. The van der Waals surface area contributed by atoms with Crippen molar-refractivity contribution in [2.45, 2.75) is 0 Å². The third-order valence-corrected chi connectivity index (χ3v) is 2.42. The van der Waals surface area contributed by atoms with Gasteiger partial charge in [-0.05, 0) is 18.2 Å². The van der Waals surface area contributed by atoms with Gasteiger partial charge < -0.3 is 10.1 Å². The van der Waals surface area contributed by atoms with Crippen LogP contribution in [0.2, 0.25) is 10.0 Å². The van der Waals surface area contributed by atoms with Crippen LogP contribution in [0.1, 0.15) is 10.4 Å². The molecule has 0 aliphatic rings. The Balaban J connectivity index is 2.56. The summed E-state index contributed by atoms with van der Waals surface area (Å²) in [6.07, 6.45) is 4.96. The standard InChI is InChI=1S/C12H9Cl2NO3/c1-2-5-15-11(16)7-18-12(17)9-4-3-8(13)6-10(9)14/h1,3-4,6H,5,7H2,(H,15,16). The van der Waals surface area contributed by atoms with Gasteiger partial charge in [0.05, 0.1) is 17.1 Å². The maximum Gasteiger partial charge on any atom is 0.340 e. The second kappa shape index (κ2) is 6.90. The second-order valence-electron chi connectivity index (χ2n) is 3.18. The molecule has 0 saturated carbocycles. The summed E-state index contributed by atoms with van der Waals surface area (Å²) in [5.41, 5.74) is 0.144. The third-order valence-electron chi connectivity index (χ3n) is 1.87. The molecular formula is C12H9Cl2NO3. The molecule has 0 atom stereocenters. The Morgan fingerprint density at radius 1 is 1.39 bits per heavy atom. The Morgan fingerprint density at radius 2 is 2.11 bits per heavy atom. The van der Waals surface area contributed by atoms with E-state index in [4.69, 9.17) is 34.4 Å². The summed E-state index contributed by atoms with van der Waals surface area (Å²) in [5.74, 6) is 1.04. The van der Waals surface area contributed by atoms with E-state index in [0.717, 1.165) is 0 Å². The second-order valence-corrected chi connectivity index (χ2v) is 4.02. The normalized spacial score (nSPS) is 9.39. The first-order valence-corrected chi connectivity index (χ1v) is 5.62. The van der Waals surface area contributed by atoms with Crippen LogP contribution in [0.5, 0.6) is 0 Å². The molecule has 6 heteroatoms. The SMILES string of the molecule is C#CCNC(=O)COC(=O)c1ccc(Cl)cc1Cl. The van der Waals surface area contributed by atoms with Crippen LogP contribution < -0.4 is 5.32 Å². The quantitative estimate of drug-likeness (QED) is 0.679. The number of esters is 1. The number of nitrogens with one attached hydrogen (secondary N) is 1. The zero-order chi connectivity index (χ0) is 13.5. The minimum absolute atomic E-state index is 0.0814. The van der Waals surface area contributed by atoms with Gasteiger partial charge in [-0.25, -0.2) is 4.79 Å². The van der Waals surface area contributed by atoms with Crippen molar-refractivity contribution in [2.75, 3.05) is 13.2 Å². The van der Waals surface area contributed by atoms with Crippen LogP contribution in [0.4, 0.5) is 0 Å². The summed E-state index contributed by atoms with van der Waals surface area (Å²) in [7, 11) is 0. The van der Waals surface area contributed by atoms with E-state index >= 15 is 0 Å². The van der Waals surface area contributed by atoms with Gasteiger partial charge in [-0.15, -0.1) is 6.42 Å². The van der Waals surface area contributed by atoms with Crippen LogP contribution in [0, 0.1) is 12.3 Å². The highest BCUT2D eigenvalue weighted by molar-refractivity contribution is 6.36. The molecule has 0 aromatic heterocycles. The summed E-state index contributed by atoms with van der Waals surface area (Å²) in [4.78, 5) is 22.7. The molecule has 1 amide bonds. The van der Waals surface area contributed by atoms with Gasteiger partial charge in [0.15, 0.2) is 6.61 Å². The van der Waals surface area contributed by atoms with Gasteiger partial charge >= 0.3 is 5.97 Å². The molecule has 0 spiro atoms. The Labute approximate surface area is 114 Å². The predicted octanol–water partition coefficient (Wildman–Crippen LogP) is 1.90. The largest absolute Gasteiger partial charge is 0.452 e. The van der Waals surface area contributed by atoms with E-state index in [1.807, 2.05) is 0 Å². The molecule has 0 heterocycles. The highest BCUT2D eigenvalue weighted by Crippen LogP contribution is 2.21. The Morgan fingerprint density at radius 3 is 2.72 bits per heavy atom. The number of halogens is 2. The maximum absolute atomic E-state index is 11.6. The number of benzene rings is 1. The molecule has 1 aromatic rings. The van der Waals surface area contributed by atoms with Crippen LogP contribution in [0.3, 0.4) is 0 Å². The minimum Gasteiger partial charge on any atom is -0.452 e. The van der Waals surface area contributed by atoms with Crippen molar-refractivity contribution in [1.29, 1.82) is 0 Å². The van der Waals surface area contributed by atoms with Gasteiger partial charge in [0.2, 0.25) is 0 Å². The molecule has 4 nitrogen and oxygen atoms in total.